The van der Waals surface area contributed by atoms with Gasteiger partial charge in [0.1, 0.15) is 5.65 Å². The lowest BCUT2D eigenvalue weighted by Gasteiger charge is -2.30. The van der Waals surface area contributed by atoms with E-state index in [1.165, 1.54) is 44.5 Å². The van der Waals surface area contributed by atoms with E-state index in [0.717, 1.165) is 55.6 Å². The Balaban J connectivity index is 1.09. The van der Waals surface area contributed by atoms with E-state index in [2.05, 4.69) is 193 Å². The summed E-state index contributed by atoms with van der Waals surface area (Å²) in [5, 5.41) is 2.13. The third-order valence-electron chi connectivity index (χ3n) is 12.9. The molecule has 0 fully saturated rings. The molecule has 2 aliphatic carbocycles. The van der Waals surface area contributed by atoms with Crippen molar-refractivity contribution in [3.05, 3.63) is 235 Å². The van der Waals surface area contributed by atoms with Gasteiger partial charge in [0.15, 0.2) is 17.5 Å². The van der Waals surface area contributed by atoms with Gasteiger partial charge in [-0.3, -0.25) is 4.40 Å². The fourth-order valence-electron chi connectivity index (χ4n) is 10.3. The van der Waals surface area contributed by atoms with Crippen LogP contribution in [-0.4, -0.2) is 24.3 Å². The van der Waals surface area contributed by atoms with Crippen LogP contribution in [0, 0.1) is 0 Å². The summed E-state index contributed by atoms with van der Waals surface area (Å²) in [5.74, 6) is 1.81. The molecule has 288 valence electrons. The van der Waals surface area contributed by atoms with Crippen LogP contribution in [0.15, 0.2) is 212 Å². The number of aromatic nitrogens is 5. The van der Waals surface area contributed by atoms with E-state index < -0.39 is 5.41 Å². The standard InChI is InChI=1S/C57H35N5/c1-3-18-37(19-4-1)53-52(58-50-29-15-16-34-62(50)53)45-33-30-36-17-7-8-22-40(36)51(45)56-60-54(38-20-5-2-6-21-38)59-55(61-56)39-31-32-44-43-25-11-14-28-48(43)57(49(44)35-39)46-26-12-9-23-41(46)42-24-10-13-27-47(42)57/h1-35H. The fourth-order valence-corrected chi connectivity index (χ4v) is 10.3. The molecule has 0 N–H and O–H groups in total. The number of pyridine rings is 1. The monoisotopic (exact) mass is 789 g/mol. The Morgan fingerprint density at radius 3 is 1.58 bits per heavy atom. The molecule has 2 aliphatic rings. The van der Waals surface area contributed by atoms with Gasteiger partial charge in [0.25, 0.3) is 0 Å². The highest BCUT2D eigenvalue weighted by molar-refractivity contribution is 6.04. The van der Waals surface area contributed by atoms with E-state index in [4.69, 9.17) is 19.9 Å². The van der Waals surface area contributed by atoms with Crippen molar-refractivity contribution in [1.29, 1.82) is 0 Å². The number of nitrogens with zero attached hydrogens (tertiary/aromatic N) is 5. The van der Waals surface area contributed by atoms with Crippen LogP contribution in [0.5, 0.6) is 0 Å². The summed E-state index contributed by atoms with van der Waals surface area (Å²) in [5.41, 5.74) is 17.2. The van der Waals surface area contributed by atoms with Crippen molar-refractivity contribution in [2.45, 2.75) is 5.41 Å². The van der Waals surface area contributed by atoms with Crippen molar-refractivity contribution in [2.75, 3.05) is 0 Å². The molecule has 1 spiro atoms. The van der Waals surface area contributed by atoms with Gasteiger partial charge in [0.05, 0.1) is 16.8 Å². The first-order valence-corrected chi connectivity index (χ1v) is 21.1. The number of benzene rings is 8. The molecule has 0 atom stereocenters. The Morgan fingerprint density at radius 1 is 0.355 bits per heavy atom. The zero-order chi connectivity index (χ0) is 40.8. The van der Waals surface area contributed by atoms with Crippen LogP contribution in [0.3, 0.4) is 0 Å². The quantitative estimate of drug-likeness (QED) is 0.174. The summed E-state index contributed by atoms with van der Waals surface area (Å²) in [7, 11) is 0. The highest BCUT2D eigenvalue weighted by Crippen LogP contribution is 2.63. The predicted octanol–water partition coefficient (Wildman–Crippen LogP) is 13.4. The Hall–Kier alpha value is -8.28. The second-order valence-electron chi connectivity index (χ2n) is 16.1. The van der Waals surface area contributed by atoms with Gasteiger partial charge in [0.2, 0.25) is 0 Å². The summed E-state index contributed by atoms with van der Waals surface area (Å²) in [6, 6.07) is 73.3. The van der Waals surface area contributed by atoms with Gasteiger partial charge >= 0.3 is 0 Å². The van der Waals surface area contributed by atoms with Gasteiger partial charge in [-0.2, -0.15) is 0 Å². The van der Waals surface area contributed by atoms with Gasteiger partial charge in [-0.05, 0) is 73.5 Å². The maximum Gasteiger partial charge on any atom is 0.165 e. The zero-order valence-corrected chi connectivity index (χ0v) is 33.4. The average Bonchev–Trinajstić information content (AvgIpc) is 3.98. The lowest BCUT2D eigenvalue weighted by molar-refractivity contribution is 0.794. The molecule has 0 bridgehead atoms. The molecule has 5 heteroatoms. The molecule has 62 heavy (non-hydrogen) atoms. The molecule has 0 saturated heterocycles. The number of hydrogen-bond acceptors (Lipinski definition) is 4. The topological polar surface area (TPSA) is 56.0 Å². The minimum atomic E-state index is -0.493. The van der Waals surface area contributed by atoms with Crippen molar-refractivity contribution in [2.24, 2.45) is 0 Å². The molecule has 0 unspecified atom stereocenters. The molecular formula is C57H35N5. The van der Waals surface area contributed by atoms with Gasteiger partial charge in [-0.25, -0.2) is 19.9 Å². The predicted molar refractivity (Wildman–Crippen MR) is 250 cm³/mol. The summed E-state index contributed by atoms with van der Waals surface area (Å²) in [4.78, 5) is 21.5. The fraction of sp³-hybridized carbons (Fsp3) is 0.0175. The summed E-state index contributed by atoms with van der Waals surface area (Å²) in [6.45, 7) is 0. The van der Waals surface area contributed by atoms with E-state index in [1.807, 2.05) is 24.3 Å². The lowest BCUT2D eigenvalue weighted by Crippen LogP contribution is -2.25. The van der Waals surface area contributed by atoms with Crippen molar-refractivity contribution >= 4 is 16.4 Å². The SMILES string of the molecule is c1ccc(-c2nc(-c3ccc4c(c3)C3(c5ccccc5-c5ccccc53)c3ccccc3-4)nc(-c3c(-c4nc5ccccn5c4-c4ccccc4)ccc4ccccc34)n2)cc1. The maximum absolute atomic E-state index is 5.51. The Labute approximate surface area is 358 Å². The minimum absolute atomic E-state index is 0.493. The number of hydrogen-bond donors (Lipinski definition) is 0. The van der Waals surface area contributed by atoms with E-state index in [9.17, 15) is 0 Å². The van der Waals surface area contributed by atoms with Gasteiger partial charge < -0.3 is 0 Å². The van der Waals surface area contributed by atoms with Gasteiger partial charge in [0, 0.05) is 34.0 Å². The highest BCUT2D eigenvalue weighted by Gasteiger charge is 2.51. The second kappa shape index (κ2) is 13.4. The first kappa shape index (κ1) is 34.6. The van der Waals surface area contributed by atoms with Crippen LogP contribution in [0.4, 0.5) is 0 Å². The van der Waals surface area contributed by atoms with Crippen LogP contribution in [0.2, 0.25) is 0 Å². The molecule has 5 nitrogen and oxygen atoms in total. The Bertz CT molecular complexity index is 3530. The molecule has 13 rings (SSSR count). The van der Waals surface area contributed by atoms with E-state index in [-0.39, 0.29) is 0 Å². The summed E-state index contributed by atoms with van der Waals surface area (Å²) < 4.78 is 2.18. The number of rotatable bonds is 5. The minimum Gasteiger partial charge on any atom is -0.299 e. The molecule has 3 heterocycles. The van der Waals surface area contributed by atoms with Crippen LogP contribution in [0.25, 0.3) is 95.4 Å². The Kier molecular flexibility index (Phi) is 7.45. The van der Waals surface area contributed by atoms with Gasteiger partial charge in [-0.15, -0.1) is 0 Å². The van der Waals surface area contributed by atoms with Crippen LogP contribution in [-0.2, 0) is 5.41 Å². The molecular weight excluding hydrogens is 755 g/mol. The molecule has 0 saturated carbocycles. The second-order valence-corrected chi connectivity index (χ2v) is 16.1. The molecule has 8 aromatic carbocycles. The maximum atomic E-state index is 5.51. The molecule has 0 aliphatic heterocycles. The average molecular weight is 790 g/mol. The van der Waals surface area contributed by atoms with Crippen LogP contribution in [0.1, 0.15) is 22.3 Å². The van der Waals surface area contributed by atoms with E-state index in [0.29, 0.717) is 17.5 Å². The third-order valence-corrected chi connectivity index (χ3v) is 12.9. The first-order chi connectivity index (χ1) is 30.8. The summed E-state index contributed by atoms with van der Waals surface area (Å²) >= 11 is 0. The van der Waals surface area contributed by atoms with Crippen LogP contribution >= 0.6 is 0 Å². The molecule has 11 aromatic rings. The first-order valence-electron chi connectivity index (χ1n) is 21.1. The summed E-state index contributed by atoms with van der Waals surface area (Å²) in [6.07, 6.45) is 2.09. The van der Waals surface area contributed by atoms with Crippen molar-refractivity contribution in [3.63, 3.8) is 0 Å². The molecule has 0 radical (unpaired) electrons. The lowest BCUT2D eigenvalue weighted by atomic mass is 9.70. The van der Waals surface area contributed by atoms with Crippen molar-refractivity contribution in [1.82, 2.24) is 24.3 Å². The molecule has 0 amide bonds. The van der Waals surface area contributed by atoms with E-state index >= 15 is 0 Å². The van der Waals surface area contributed by atoms with Crippen molar-refractivity contribution < 1.29 is 0 Å². The largest absolute Gasteiger partial charge is 0.299 e. The smallest absolute Gasteiger partial charge is 0.165 e. The zero-order valence-electron chi connectivity index (χ0n) is 33.4. The Morgan fingerprint density at radius 2 is 0.887 bits per heavy atom. The van der Waals surface area contributed by atoms with Crippen molar-refractivity contribution in [3.8, 4) is 78.9 Å². The normalized spacial score (nSPS) is 13.0. The number of imidazole rings is 1. The third kappa shape index (κ3) is 4.90. The number of fused-ring (bicyclic) bond motifs is 12. The molecule has 3 aromatic heterocycles. The highest BCUT2D eigenvalue weighted by atomic mass is 15.0. The van der Waals surface area contributed by atoms with E-state index in [1.54, 1.807) is 0 Å². The van der Waals surface area contributed by atoms with Crippen LogP contribution < -0.4 is 0 Å². The van der Waals surface area contributed by atoms with Gasteiger partial charge in [-0.1, -0.05) is 188 Å².